The van der Waals surface area contributed by atoms with Gasteiger partial charge < -0.3 is 9.84 Å². The molecule has 0 bridgehead atoms. The average molecular weight is 194 g/mol. The van der Waals surface area contributed by atoms with Crippen molar-refractivity contribution in [2.75, 3.05) is 7.11 Å². The van der Waals surface area contributed by atoms with Gasteiger partial charge in [-0.05, 0) is 25.3 Å². The molecule has 0 aromatic rings. The quantitative estimate of drug-likeness (QED) is 0.697. The second kappa shape index (κ2) is 2.87. The van der Waals surface area contributed by atoms with Gasteiger partial charge in [-0.25, -0.2) is 0 Å². The molecule has 0 aromatic carbocycles. The van der Waals surface area contributed by atoms with E-state index in [9.17, 15) is 9.90 Å². The first-order valence-corrected chi connectivity index (χ1v) is 4.80. The molecule has 3 heteroatoms. The summed E-state index contributed by atoms with van der Waals surface area (Å²) in [6, 6.07) is 0. The minimum atomic E-state index is -0.754. The van der Waals surface area contributed by atoms with Crippen molar-refractivity contribution in [3.63, 3.8) is 0 Å². The molecule has 0 amide bonds. The van der Waals surface area contributed by atoms with E-state index in [-0.39, 0.29) is 11.8 Å². The lowest BCUT2D eigenvalue weighted by atomic mass is 10.0. The van der Waals surface area contributed by atoms with Crippen LogP contribution in [0, 0.1) is 17.3 Å². The van der Waals surface area contributed by atoms with E-state index in [1.54, 1.807) is 7.11 Å². The van der Waals surface area contributed by atoms with E-state index in [4.69, 9.17) is 4.74 Å². The van der Waals surface area contributed by atoms with Gasteiger partial charge in [-0.3, -0.25) is 4.79 Å². The molecule has 1 saturated carbocycles. The molecule has 0 unspecified atom stereocenters. The molecule has 3 nitrogen and oxygen atoms in total. The van der Waals surface area contributed by atoms with Crippen molar-refractivity contribution in [3.8, 4) is 0 Å². The largest absolute Gasteiger partial charge is 0.500 e. The standard InChI is InChI=1S/C11H14O3/c1-3-4-7-8-5-6-9(14-2)11(7,8)10(12)13/h3-4,6-8H,5H2,1-2H3,(H,12,13)/b4-3+/t7-,8-,11-/m0/s1. The fourth-order valence-electron chi connectivity index (χ4n) is 2.72. The predicted octanol–water partition coefficient (Wildman–Crippen LogP) is 1.81. The van der Waals surface area contributed by atoms with Crippen LogP contribution < -0.4 is 0 Å². The van der Waals surface area contributed by atoms with E-state index < -0.39 is 11.4 Å². The molecule has 0 radical (unpaired) electrons. The fourth-order valence-corrected chi connectivity index (χ4v) is 2.72. The number of allylic oxidation sites excluding steroid dienone is 3. The highest BCUT2D eigenvalue weighted by atomic mass is 16.5. The Bertz CT molecular complexity index is 329. The summed E-state index contributed by atoms with van der Waals surface area (Å²) in [5, 5.41) is 9.26. The van der Waals surface area contributed by atoms with E-state index in [1.165, 1.54) is 0 Å². The Hall–Kier alpha value is -1.25. The number of carbonyl (C=O) groups is 1. The molecule has 14 heavy (non-hydrogen) atoms. The maximum atomic E-state index is 11.3. The highest BCUT2D eigenvalue weighted by Crippen LogP contribution is 2.69. The molecule has 0 saturated heterocycles. The van der Waals surface area contributed by atoms with Gasteiger partial charge in [-0.15, -0.1) is 0 Å². The smallest absolute Gasteiger partial charge is 0.318 e. The summed E-state index contributed by atoms with van der Waals surface area (Å²) in [7, 11) is 1.55. The zero-order chi connectivity index (χ0) is 10.3. The summed E-state index contributed by atoms with van der Waals surface area (Å²) in [5.41, 5.74) is -0.735. The van der Waals surface area contributed by atoms with Crippen LogP contribution in [0.4, 0.5) is 0 Å². The summed E-state index contributed by atoms with van der Waals surface area (Å²) in [4.78, 5) is 11.3. The lowest BCUT2D eigenvalue weighted by molar-refractivity contribution is -0.143. The highest BCUT2D eigenvalue weighted by Gasteiger charge is 2.73. The molecule has 2 rings (SSSR count). The lowest BCUT2D eigenvalue weighted by Gasteiger charge is -2.12. The summed E-state index contributed by atoms with van der Waals surface area (Å²) in [6.45, 7) is 1.92. The topological polar surface area (TPSA) is 46.5 Å². The number of hydrogen-bond donors (Lipinski definition) is 1. The first kappa shape index (κ1) is 9.31. The van der Waals surface area contributed by atoms with Crippen molar-refractivity contribution in [1.29, 1.82) is 0 Å². The first-order valence-electron chi connectivity index (χ1n) is 4.80. The third-order valence-corrected chi connectivity index (χ3v) is 3.37. The summed E-state index contributed by atoms with van der Waals surface area (Å²) in [5.74, 6) is 0.227. The second-order valence-electron chi connectivity index (χ2n) is 3.84. The van der Waals surface area contributed by atoms with Crippen LogP contribution in [0.25, 0.3) is 0 Å². The molecule has 1 N–H and O–H groups in total. The molecule has 2 aliphatic carbocycles. The summed E-state index contributed by atoms with van der Waals surface area (Å²) in [6.07, 6.45) is 6.62. The number of methoxy groups -OCH3 is 1. The predicted molar refractivity (Wildman–Crippen MR) is 51.6 cm³/mol. The van der Waals surface area contributed by atoms with Gasteiger partial charge in [0.25, 0.3) is 0 Å². The van der Waals surface area contributed by atoms with Crippen molar-refractivity contribution >= 4 is 5.97 Å². The Labute approximate surface area is 83.1 Å². The van der Waals surface area contributed by atoms with Gasteiger partial charge in [0.1, 0.15) is 11.2 Å². The van der Waals surface area contributed by atoms with Crippen molar-refractivity contribution in [2.45, 2.75) is 13.3 Å². The monoisotopic (exact) mass is 194 g/mol. The molecule has 76 valence electrons. The minimum absolute atomic E-state index is 0.130. The van der Waals surface area contributed by atoms with Crippen LogP contribution in [0.3, 0.4) is 0 Å². The van der Waals surface area contributed by atoms with Gasteiger partial charge in [0, 0.05) is 5.92 Å². The molecule has 0 aromatic heterocycles. The van der Waals surface area contributed by atoms with Crippen molar-refractivity contribution < 1.29 is 14.6 Å². The number of rotatable bonds is 3. The fraction of sp³-hybridized carbons (Fsp3) is 0.545. The van der Waals surface area contributed by atoms with Crippen LogP contribution >= 0.6 is 0 Å². The van der Waals surface area contributed by atoms with Crippen LogP contribution in [-0.4, -0.2) is 18.2 Å². The average Bonchev–Trinajstić information content (AvgIpc) is 2.65. The van der Waals surface area contributed by atoms with Gasteiger partial charge >= 0.3 is 5.97 Å². The van der Waals surface area contributed by atoms with Crippen molar-refractivity contribution in [2.24, 2.45) is 17.3 Å². The molecular formula is C11H14O3. The summed E-state index contributed by atoms with van der Waals surface area (Å²) < 4.78 is 5.15. The van der Waals surface area contributed by atoms with Crippen LogP contribution in [-0.2, 0) is 9.53 Å². The maximum absolute atomic E-state index is 11.3. The first-order chi connectivity index (χ1) is 6.69. The lowest BCUT2D eigenvalue weighted by Crippen LogP contribution is -2.20. The van der Waals surface area contributed by atoms with Crippen molar-refractivity contribution in [3.05, 3.63) is 24.0 Å². The van der Waals surface area contributed by atoms with E-state index >= 15 is 0 Å². The molecule has 1 fully saturated rings. The normalized spacial score (nSPS) is 39.4. The molecule has 0 spiro atoms. The Morgan fingerprint density at radius 3 is 3.00 bits per heavy atom. The number of hydrogen-bond acceptors (Lipinski definition) is 2. The molecule has 3 atom stereocenters. The van der Waals surface area contributed by atoms with Gasteiger partial charge in [0.2, 0.25) is 0 Å². The van der Waals surface area contributed by atoms with E-state index in [1.807, 2.05) is 25.2 Å². The van der Waals surface area contributed by atoms with Gasteiger partial charge in [0.15, 0.2) is 0 Å². The molecule has 0 aliphatic heterocycles. The maximum Gasteiger partial charge on any atom is 0.318 e. The Kier molecular flexibility index (Phi) is 1.91. The number of carboxylic acid groups (broad SMARTS) is 1. The Morgan fingerprint density at radius 1 is 1.79 bits per heavy atom. The Balaban J connectivity index is 2.33. The van der Waals surface area contributed by atoms with Crippen LogP contribution in [0.2, 0.25) is 0 Å². The van der Waals surface area contributed by atoms with Crippen LogP contribution in [0.1, 0.15) is 13.3 Å². The zero-order valence-electron chi connectivity index (χ0n) is 8.36. The number of ether oxygens (including phenoxy) is 1. The van der Waals surface area contributed by atoms with Crippen LogP contribution in [0.5, 0.6) is 0 Å². The second-order valence-corrected chi connectivity index (χ2v) is 3.84. The number of fused-ring (bicyclic) bond motifs is 1. The third-order valence-electron chi connectivity index (χ3n) is 3.37. The van der Waals surface area contributed by atoms with E-state index in [0.29, 0.717) is 5.76 Å². The number of carboxylic acids is 1. The molecule has 0 heterocycles. The molecular weight excluding hydrogens is 180 g/mol. The van der Waals surface area contributed by atoms with Crippen LogP contribution in [0.15, 0.2) is 24.0 Å². The van der Waals surface area contributed by atoms with Crippen molar-refractivity contribution in [1.82, 2.24) is 0 Å². The zero-order valence-corrected chi connectivity index (χ0v) is 8.36. The minimum Gasteiger partial charge on any atom is -0.500 e. The SMILES string of the molecule is C/C=C/[C@H]1[C@@H]2CC=C(OC)[C@]12C(=O)O. The van der Waals surface area contributed by atoms with Gasteiger partial charge in [-0.1, -0.05) is 12.2 Å². The summed E-state index contributed by atoms with van der Waals surface area (Å²) >= 11 is 0. The van der Waals surface area contributed by atoms with Gasteiger partial charge in [-0.2, -0.15) is 0 Å². The van der Waals surface area contributed by atoms with E-state index in [2.05, 4.69) is 0 Å². The third kappa shape index (κ3) is 0.846. The molecule has 2 aliphatic rings. The number of aliphatic carboxylic acids is 1. The highest BCUT2D eigenvalue weighted by molar-refractivity contribution is 5.85. The van der Waals surface area contributed by atoms with Gasteiger partial charge in [0.05, 0.1) is 7.11 Å². The Morgan fingerprint density at radius 2 is 2.50 bits per heavy atom. The van der Waals surface area contributed by atoms with E-state index in [0.717, 1.165) is 6.42 Å².